The minimum Gasteiger partial charge on any atom is -0.724 e. The molecule has 2 saturated heterocycles. The average Bonchev–Trinajstić information content (AvgIpc) is 3.70. The van der Waals surface area contributed by atoms with Crippen LogP contribution in [0.2, 0.25) is 0 Å². The van der Waals surface area contributed by atoms with E-state index >= 15 is 0 Å². The van der Waals surface area contributed by atoms with Crippen LogP contribution in [0, 0.1) is 5.92 Å². The number of ether oxygens (including phenoxy) is 1. The first-order valence-corrected chi connectivity index (χ1v) is 18.3. The third kappa shape index (κ3) is 9.62. The van der Waals surface area contributed by atoms with Crippen LogP contribution in [0.4, 0.5) is 10.8 Å². The third-order valence-electron chi connectivity index (χ3n) is 8.23. The number of carboxylic acids is 1. The summed E-state index contributed by atoms with van der Waals surface area (Å²) in [5, 5.41) is 23.5. The van der Waals surface area contributed by atoms with Gasteiger partial charge in [-0.3, -0.25) is 14.4 Å². The predicted molar refractivity (Wildman–Crippen MR) is 184 cm³/mol. The first kappa shape index (κ1) is 39.0. The zero-order chi connectivity index (χ0) is 38.5. The van der Waals surface area contributed by atoms with E-state index in [4.69, 9.17) is 21.0 Å². The number of hydrogen-bond acceptors (Lipinski definition) is 16. The fourth-order valence-electron chi connectivity index (χ4n) is 5.26. The van der Waals surface area contributed by atoms with Gasteiger partial charge in [0.15, 0.2) is 17.4 Å². The van der Waals surface area contributed by atoms with Gasteiger partial charge >= 0.3 is 5.97 Å². The van der Waals surface area contributed by atoms with Crippen molar-refractivity contribution in [3.8, 4) is 5.75 Å². The number of carbonyl (C=O) groups excluding carboxylic acids is 3. The molecule has 23 heteroatoms. The number of thiazole rings is 1. The van der Waals surface area contributed by atoms with Crippen molar-refractivity contribution in [1.29, 1.82) is 0 Å². The summed E-state index contributed by atoms with van der Waals surface area (Å²) in [7, 11) is -5.29. The molecule has 5 rings (SSSR count). The molecule has 8 N–H and O–H groups in total. The number of nitrogens with two attached hydrogens (primary N) is 2. The van der Waals surface area contributed by atoms with E-state index in [0.29, 0.717) is 35.3 Å². The highest BCUT2D eigenvalue weighted by Crippen LogP contribution is 2.33. The van der Waals surface area contributed by atoms with Crippen molar-refractivity contribution in [1.82, 2.24) is 25.4 Å². The second kappa shape index (κ2) is 16.2. The zero-order valence-electron chi connectivity index (χ0n) is 28.5. The molecule has 0 bridgehead atoms. The Balaban J connectivity index is 1.21. The normalized spacial score (nSPS) is 17.7. The molecule has 21 nitrogen and oxygen atoms in total. The van der Waals surface area contributed by atoms with E-state index in [1.165, 1.54) is 31.4 Å². The molecule has 0 spiro atoms. The van der Waals surface area contributed by atoms with Crippen LogP contribution in [0.1, 0.15) is 36.3 Å². The predicted octanol–water partition coefficient (Wildman–Crippen LogP) is -1.61. The fourth-order valence-corrected chi connectivity index (χ4v) is 6.25. The van der Waals surface area contributed by atoms with Crippen LogP contribution in [0.25, 0.3) is 0 Å². The lowest BCUT2D eigenvalue weighted by molar-refractivity contribution is -0.781. The number of oxime groups is 1. The van der Waals surface area contributed by atoms with Crippen molar-refractivity contribution >= 4 is 62.0 Å². The molecule has 3 aromatic rings. The van der Waals surface area contributed by atoms with Crippen molar-refractivity contribution in [3.05, 3.63) is 53.3 Å². The van der Waals surface area contributed by atoms with E-state index in [9.17, 15) is 37.3 Å². The molecule has 1 aromatic carbocycles. The minimum absolute atomic E-state index is 0.0322. The summed E-state index contributed by atoms with van der Waals surface area (Å²) >= 11 is 0.935. The average molecular weight is 779 g/mol. The standard InChI is InChI=1S/C30H38N10O11S2/c1-30(2)24(27(43)40(30)51-53(46,47)48)36-26(42)23(21-16-52-29(32)35-21)37-50-22(28(44)45)15-49-20-6-4-19(5-7-20)34-25(41)18-13-38(9-3-8-31)39(14-18)12-17-10-33-11-17/h4-7,13-14,16-17,22,24,33H,3,8-12,15,31H2,1-2H3,(H5-,32,34,35,36,41,42,44,45,46,47,48)/t22-,24?/m0/s1. The Kier molecular flexibility index (Phi) is 11.9. The first-order valence-electron chi connectivity index (χ1n) is 16.1. The van der Waals surface area contributed by atoms with Crippen LogP contribution in [-0.2, 0) is 47.0 Å². The first-order chi connectivity index (χ1) is 25.0. The van der Waals surface area contributed by atoms with Gasteiger partial charge in [0.1, 0.15) is 29.7 Å². The summed E-state index contributed by atoms with van der Waals surface area (Å²) < 4.78 is 46.8. The Morgan fingerprint density at radius 3 is 2.55 bits per heavy atom. The molecule has 2 aliphatic rings. The molecule has 3 amide bonds. The SMILES string of the molecule is CC1(C)C(NC(=O)C(=NO[C@@H](COc2ccc(NC(=O)c3cn(CCCN)[n+](CC4CNC4)c3)cc2)C(=O)O)c2csc(N)n2)C(=O)N1OS(=O)(=O)[O-]. The number of nitrogens with one attached hydrogen (secondary N) is 3. The number of aliphatic carboxylic acids is 1. The molecule has 2 atom stereocenters. The number of carboxylic acid groups (broad SMARTS) is 1. The Morgan fingerprint density at radius 1 is 1.26 bits per heavy atom. The second-order valence-corrected chi connectivity index (χ2v) is 14.4. The Morgan fingerprint density at radius 2 is 1.98 bits per heavy atom. The number of hydroxylamine groups is 2. The van der Waals surface area contributed by atoms with Crippen molar-refractivity contribution in [3.63, 3.8) is 0 Å². The molecule has 2 aromatic heterocycles. The number of benzene rings is 1. The fraction of sp³-hybridized carbons (Fsp3) is 0.433. The van der Waals surface area contributed by atoms with E-state index in [0.717, 1.165) is 37.4 Å². The highest BCUT2D eigenvalue weighted by atomic mass is 32.3. The van der Waals surface area contributed by atoms with E-state index < -0.39 is 58.2 Å². The number of nitrogens with zero attached hydrogens (tertiary/aromatic N) is 5. The number of anilines is 2. The highest BCUT2D eigenvalue weighted by Gasteiger charge is 2.57. The number of nitrogen functional groups attached to an aromatic ring is 1. The summed E-state index contributed by atoms with van der Waals surface area (Å²) in [6.07, 6.45) is 2.60. The summed E-state index contributed by atoms with van der Waals surface area (Å²) in [6, 6.07) is 4.77. The molecule has 2 fully saturated rings. The van der Waals surface area contributed by atoms with Crippen LogP contribution in [0.5, 0.6) is 5.75 Å². The van der Waals surface area contributed by atoms with E-state index in [1.54, 1.807) is 24.5 Å². The largest absolute Gasteiger partial charge is 0.724 e. The van der Waals surface area contributed by atoms with Crippen molar-refractivity contribution in [2.24, 2.45) is 16.8 Å². The van der Waals surface area contributed by atoms with Gasteiger partial charge in [-0.25, -0.2) is 18.2 Å². The maximum atomic E-state index is 13.3. The lowest BCUT2D eigenvalue weighted by Crippen LogP contribution is -2.76. The van der Waals surface area contributed by atoms with E-state index in [2.05, 4.69) is 30.4 Å². The monoisotopic (exact) mass is 778 g/mol. The number of rotatable bonds is 18. The van der Waals surface area contributed by atoms with Gasteiger partial charge in [0.2, 0.25) is 16.6 Å². The molecule has 286 valence electrons. The summed E-state index contributed by atoms with van der Waals surface area (Å²) in [4.78, 5) is 60.0. The maximum Gasteiger partial charge on any atom is 0.351 e. The molecule has 1 unspecified atom stereocenters. The highest BCUT2D eigenvalue weighted by molar-refractivity contribution is 7.80. The van der Waals surface area contributed by atoms with Gasteiger partial charge < -0.3 is 46.7 Å². The zero-order valence-corrected chi connectivity index (χ0v) is 30.1. The Bertz CT molecular complexity index is 1980. The number of aryl methyl sites for hydroxylation is 1. The van der Waals surface area contributed by atoms with E-state index in [1.807, 2.05) is 9.36 Å². The number of carbonyl (C=O) groups is 4. The van der Waals surface area contributed by atoms with Crippen molar-refractivity contribution in [2.45, 2.75) is 51.0 Å². The second-order valence-electron chi connectivity index (χ2n) is 12.6. The van der Waals surface area contributed by atoms with Gasteiger partial charge in [-0.05, 0) is 51.1 Å². The van der Waals surface area contributed by atoms with Gasteiger partial charge in [0, 0.05) is 30.1 Å². The quantitative estimate of drug-likeness (QED) is 0.0211. The summed E-state index contributed by atoms with van der Waals surface area (Å²) in [5.74, 6) is -3.23. The van der Waals surface area contributed by atoms with Gasteiger partial charge in [0.05, 0.1) is 18.3 Å². The van der Waals surface area contributed by atoms with Crippen molar-refractivity contribution < 1.29 is 55.8 Å². The molecule has 2 aliphatic heterocycles. The molecule has 4 heterocycles. The molecule has 0 saturated carbocycles. The summed E-state index contributed by atoms with van der Waals surface area (Å²) in [5.41, 5.74) is 10.1. The third-order valence-corrected chi connectivity index (χ3v) is 9.23. The number of amides is 3. The van der Waals surface area contributed by atoms with Crippen LogP contribution in [-0.4, -0.2) is 106 Å². The van der Waals surface area contributed by atoms with Gasteiger partial charge in [0.25, 0.3) is 23.8 Å². The van der Waals surface area contributed by atoms with Gasteiger partial charge in [-0.15, -0.1) is 16.0 Å². The van der Waals surface area contributed by atoms with E-state index in [-0.39, 0.29) is 22.5 Å². The maximum absolute atomic E-state index is 13.3. The molecule has 0 radical (unpaired) electrons. The lowest BCUT2D eigenvalue weighted by atomic mass is 9.84. The number of hydrogen-bond donors (Lipinski definition) is 6. The topological polar surface area (TPSA) is 299 Å². The molecular weight excluding hydrogens is 741 g/mol. The lowest BCUT2D eigenvalue weighted by Gasteiger charge is -2.51. The van der Waals surface area contributed by atoms with Crippen LogP contribution in [0.15, 0.2) is 47.2 Å². The number of aromatic nitrogens is 3. The smallest absolute Gasteiger partial charge is 0.351 e. The Labute approximate surface area is 306 Å². The minimum atomic E-state index is -5.29. The van der Waals surface area contributed by atoms with Crippen molar-refractivity contribution in [2.75, 3.05) is 37.3 Å². The van der Waals surface area contributed by atoms with Crippen LogP contribution < -0.4 is 36.8 Å². The van der Waals surface area contributed by atoms with Gasteiger partial charge in [-0.1, -0.05) is 5.16 Å². The molecule has 53 heavy (non-hydrogen) atoms. The summed E-state index contributed by atoms with van der Waals surface area (Å²) in [6.45, 7) is 5.87. The van der Waals surface area contributed by atoms with Crippen LogP contribution >= 0.6 is 11.3 Å². The van der Waals surface area contributed by atoms with Crippen LogP contribution in [0.3, 0.4) is 0 Å². The molecule has 0 aliphatic carbocycles. The van der Waals surface area contributed by atoms with Gasteiger partial charge in [-0.2, -0.15) is 14.0 Å². The molecular formula is C30H38N10O11S2. The Hall–Kier alpha value is -5.20. The number of β-lactam (4-membered cyclic amide) rings is 1.